The molecule has 3 N–H and O–H groups in total. The molecule has 1 unspecified atom stereocenters. The lowest BCUT2D eigenvalue weighted by atomic mass is 10.1. The molecule has 19 heavy (non-hydrogen) atoms. The second-order valence-corrected chi connectivity index (χ2v) is 5.37. The van der Waals surface area contributed by atoms with Gasteiger partial charge in [0.05, 0.1) is 12.6 Å². The monoisotopic (exact) mass is 266 g/mol. The van der Waals surface area contributed by atoms with Crippen molar-refractivity contribution in [2.45, 2.75) is 38.8 Å². The Bertz CT molecular complexity index is 387. The summed E-state index contributed by atoms with van der Waals surface area (Å²) >= 11 is 0. The Morgan fingerprint density at radius 2 is 1.95 bits per heavy atom. The van der Waals surface area contributed by atoms with Gasteiger partial charge in [-0.05, 0) is 32.8 Å². The second-order valence-electron chi connectivity index (χ2n) is 5.37. The molecule has 0 fully saturated rings. The summed E-state index contributed by atoms with van der Waals surface area (Å²) in [6.07, 6.45) is 0.169. The summed E-state index contributed by atoms with van der Waals surface area (Å²) in [5.74, 6) is 5.09. The predicted molar refractivity (Wildman–Crippen MR) is 73.4 cm³/mol. The van der Waals surface area contributed by atoms with Crippen LogP contribution in [0.5, 0.6) is 0 Å². The first-order valence-electron chi connectivity index (χ1n) is 6.26. The molecule has 0 aromatic heterocycles. The third-order valence-corrected chi connectivity index (χ3v) is 2.34. The van der Waals surface area contributed by atoms with E-state index in [4.69, 9.17) is 10.6 Å². The van der Waals surface area contributed by atoms with Crippen LogP contribution in [0, 0.1) is 0 Å². The van der Waals surface area contributed by atoms with Crippen molar-refractivity contribution in [3.05, 3.63) is 35.9 Å². The Labute approximate surface area is 114 Å². The van der Waals surface area contributed by atoms with E-state index >= 15 is 0 Å². The summed E-state index contributed by atoms with van der Waals surface area (Å²) in [7, 11) is 0. The number of benzene rings is 1. The Balaban J connectivity index is 2.55. The van der Waals surface area contributed by atoms with Crippen molar-refractivity contribution in [1.82, 2.24) is 5.32 Å². The van der Waals surface area contributed by atoms with Gasteiger partial charge in [-0.3, -0.25) is 0 Å². The van der Waals surface area contributed by atoms with Crippen LogP contribution in [0.1, 0.15) is 26.3 Å². The largest absolute Gasteiger partial charge is 0.444 e. The van der Waals surface area contributed by atoms with Gasteiger partial charge < -0.3 is 14.9 Å². The summed E-state index contributed by atoms with van der Waals surface area (Å²) in [6.45, 7) is 5.68. The number of nitrogens with one attached hydrogen (secondary N) is 1. The summed E-state index contributed by atoms with van der Waals surface area (Å²) in [5, 5.41) is 2.76. The van der Waals surface area contributed by atoms with Crippen molar-refractivity contribution in [2.24, 2.45) is 5.90 Å². The highest BCUT2D eigenvalue weighted by molar-refractivity contribution is 5.68. The summed E-state index contributed by atoms with van der Waals surface area (Å²) in [5.41, 5.74) is 0.575. The van der Waals surface area contributed by atoms with E-state index in [0.717, 1.165) is 5.56 Å². The molecular weight excluding hydrogens is 244 g/mol. The number of carbonyl (C=O) groups is 1. The molecule has 0 bridgehead atoms. The van der Waals surface area contributed by atoms with Crippen molar-refractivity contribution in [3.8, 4) is 0 Å². The van der Waals surface area contributed by atoms with Gasteiger partial charge in [-0.25, -0.2) is 10.7 Å². The summed E-state index contributed by atoms with van der Waals surface area (Å²) < 4.78 is 5.21. The van der Waals surface area contributed by atoms with Gasteiger partial charge in [0.1, 0.15) is 5.60 Å². The third-order valence-electron chi connectivity index (χ3n) is 2.34. The zero-order chi connectivity index (χ0) is 14.3. The van der Waals surface area contributed by atoms with Crippen molar-refractivity contribution in [3.63, 3.8) is 0 Å². The first kappa shape index (κ1) is 15.5. The quantitative estimate of drug-likeness (QED) is 0.800. The van der Waals surface area contributed by atoms with E-state index in [0.29, 0.717) is 6.42 Å². The Hall–Kier alpha value is -1.59. The van der Waals surface area contributed by atoms with Crippen LogP contribution < -0.4 is 11.2 Å². The molecule has 5 nitrogen and oxygen atoms in total. The molecule has 1 aromatic carbocycles. The van der Waals surface area contributed by atoms with Crippen LogP contribution in [0.4, 0.5) is 4.79 Å². The van der Waals surface area contributed by atoms with E-state index in [-0.39, 0.29) is 12.6 Å². The molecular formula is C14H22N2O3. The van der Waals surface area contributed by atoms with Gasteiger partial charge >= 0.3 is 6.09 Å². The number of alkyl carbamates (subject to hydrolysis) is 1. The van der Waals surface area contributed by atoms with Gasteiger partial charge in [-0.2, -0.15) is 0 Å². The van der Waals surface area contributed by atoms with E-state index in [1.807, 2.05) is 51.1 Å². The molecule has 1 amide bonds. The molecule has 1 rings (SSSR count). The minimum absolute atomic E-state index is 0.220. The van der Waals surface area contributed by atoms with Crippen LogP contribution in [0.15, 0.2) is 30.3 Å². The highest BCUT2D eigenvalue weighted by atomic mass is 16.6. The van der Waals surface area contributed by atoms with Crippen molar-refractivity contribution in [2.75, 3.05) is 6.61 Å². The number of ether oxygens (including phenoxy) is 1. The molecule has 0 saturated heterocycles. The van der Waals surface area contributed by atoms with Crippen LogP contribution in [0.2, 0.25) is 0 Å². The maximum absolute atomic E-state index is 11.7. The first-order chi connectivity index (χ1) is 8.90. The van der Waals surface area contributed by atoms with Crippen LogP contribution in [0.3, 0.4) is 0 Å². The van der Waals surface area contributed by atoms with Gasteiger partial charge in [0.25, 0.3) is 0 Å². The number of nitrogens with two attached hydrogens (primary N) is 1. The maximum atomic E-state index is 11.7. The second kappa shape index (κ2) is 7.11. The normalized spacial score (nSPS) is 12.8. The standard InChI is InChI=1S/C14H22N2O3/c1-14(2,3)19-13(17)16-12(10-18-15)9-11-7-5-4-6-8-11/h4-8,12H,9-10,15H2,1-3H3,(H,16,17). The van der Waals surface area contributed by atoms with Crippen molar-refractivity contribution >= 4 is 6.09 Å². The number of carbonyl (C=O) groups excluding carboxylic acids is 1. The SMILES string of the molecule is CC(C)(C)OC(=O)NC(CON)Cc1ccccc1. The number of hydrogen-bond donors (Lipinski definition) is 2. The van der Waals surface area contributed by atoms with E-state index in [1.54, 1.807) is 0 Å². The van der Waals surface area contributed by atoms with Gasteiger partial charge in [0.15, 0.2) is 0 Å². The maximum Gasteiger partial charge on any atom is 0.407 e. The fourth-order valence-corrected chi connectivity index (χ4v) is 1.64. The van der Waals surface area contributed by atoms with Crippen molar-refractivity contribution in [1.29, 1.82) is 0 Å². The molecule has 0 spiro atoms. The van der Waals surface area contributed by atoms with E-state index in [9.17, 15) is 4.79 Å². The fourth-order valence-electron chi connectivity index (χ4n) is 1.64. The molecule has 0 heterocycles. The smallest absolute Gasteiger partial charge is 0.407 e. The molecule has 0 aliphatic rings. The van der Waals surface area contributed by atoms with Crippen LogP contribution >= 0.6 is 0 Å². The molecule has 0 aliphatic heterocycles. The minimum Gasteiger partial charge on any atom is -0.444 e. The van der Waals surface area contributed by atoms with Crippen molar-refractivity contribution < 1.29 is 14.4 Å². The lowest BCUT2D eigenvalue weighted by molar-refractivity contribution is 0.0443. The van der Waals surface area contributed by atoms with Crippen LogP contribution in [-0.2, 0) is 16.0 Å². The number of amides is 1. The average molecular weight is 266 g/mol. The Kier molecular flexibility index (Phi) is 5.79. The minimum atomic E-state index is -0.523. The average Bonchev–Trinajstić information content (AvgIpc) is 2.27. The molecule has 5 heteroatoms. The van der Waals surface area contributed by atoms with Crippen LogP contribution in [0.25, 0.3) is 0 Å². The zero-order valence-electron chi connectivity index (χ0n) is 11.7. The molecule has 0 aliphatic carbocycles. The zero-order valence-corrected chi connectivity index (χ0v) is 11.7. The van der Waals surface area contributed by atoms with Gasteiger partial charge in [0.2, 0.25) is 0 Å². The summed E-state index contributed by atoms with van der Waals surface area (Å²) in [4.78, 5) is 16.3. The molecule has 0 saturated carbocycles. The highest BCUT2D eigenvalue weighted by Gasteiger charge is 2.19. The van der Waals surface area contributed by atoms with Gasteiger partial charge in [-0.1, -0.05) is 30.3 Å². The lowest BCUT2D eigenvalue weighted by Crippen LogP contribution is -2.43. The molecule has 106 valence electrons. The first-order valence-corrected chi connectivity index (χ1v) is 6.26. The fraction of sp³-hybridized carbons (Fsp3) is 0.500. The number of rotatable bonds is 5. The van der Waals surface area contributed by atoms with E-state index < -0.39 is 11.7 Å². The van der Waals surface area contributed by atoms with Gasteiger partial charge in [0, 0.05) is 0 Å². The Morgan fingerprint density at radius 1 is 1.32 bits per heavy atom. The predicted octanol–water partition coefficient (Wildman–Crippen LogP) is 2.01. The van der Waals surface area contributed by atoms with E-state index in [2.05, 4.69) is 10.2 Å². The van der Waals surface area contributed by atoms with Crippen LogP contribution in [-0.4, -0.2) is 24.3 Å². The topological polar surface area (TPSA) is 73.6 Å². The molecule has 1 aromatic rings. The number of hydrogen-bond acceptors (Lipinski definition) is 4. The van der Waals surface area contributed by atoms with E-state index in [1.165, 1.54) is 0 Å². The molecule has 0 radical (unpaired) electrons. The molecule has 1 atom stereocenters. The Morgan fingerprint density at radius 3 is 2.47 bits per heavy atom. The lowest BCUT2D eigenvalue weighted by Gasteiger charge is -2.23. The summed E-state index contributed by atoms with van der Waals surface area (Å²) in [6, 6.07) is 9.59. The third kappa shape index (κ3) is 6.79. The van der Waals surface area contributed by atoms with Gasteiger partial charge in [-0.15, -0.1) is 0 Å². The highest BCUT2D eigenvalue weighted by Crippen LogP contribution is 2.08.